The van der Waals surface area contributed by atoms with E-state index in [0.717, 1.165) is 38.9 Å². The largest absolute Gasteiger partial charge is 0.264 e. The number of nitrogens with zero attached hydrogens (tertiary/aromatic N) is 4. The van der Waals surface area contributed by atoms with Gasteiger partial charge in [0, 0.05) is 34.6 Å². The molecule has 8 aromatic carbocycles. The van der Waals surface area contributed by atoms with Crippen LogP contribution < -0.4 is 0 Å². The first kappa shape index (κ1) is 29.8. The Labute approximate surface area is 300 Å². The van der Waals surface area contributed by atoms with Gasteiger partial charge in [-0.2, -0.15) is 0 Å². The van der Waals surface area contributed by atoms with E-state index in [-0.39, 0.29) is 0 Å². The van der Waals surface area contributed by atoms with Crippen LogP contribution in [-0.4, -0.2) is 19.9 Å². The van der Waals surface area contributed by atoms with E-state index in [0.29, 0.717) is 17.5 Å². The van der Waals surface area contributed by atoms with E-state index in [1.165, 1.54) is 43.1 Å². The number of aromatic nitrogens is 4. The van der Waals surface area contributed by atoms with Gasteiger partial charge in [-0.25, -0.2) is 15.0 Å². The molecule has 0 amide bonds. The van der Waals surface area contributed by atoms with Gasteiger partial charge in [0.2, 0.25) is 0 Å². The molecule has 242 valence electrons. The highest BCUT2D eigenvalue weighted by Gasteiger charge is 2.17. The van der Waals surface area contributed by atoms with E-state index >= 15 is 0 Å². The Bertz CT molecular complexity index is 2880. The SMILES string of the molecule is c1ccc(-c2nc(-c3ccccc3)nc(-c3cc(-c4cccnc4)cc(-c4cc5cc6cc7ccccc7cc6cc5c5ccccc45)c3)n2)cc1. The van der Waals surface area contributed by atoms with Gasteiger partial charge in [0.05, 0.1) is 0 Å². The van der Waals surface area contributed by atoms with Crippen molar-refractivity contribution in [2.45, 2.75) is 0 Å². The summed E-state index contributed by atoms with van der Waals surface area (Å²) in [6, 6.07) is 59.9. The number of hydrogen-bond acceptors (Lipinski definition) is 4. The predicted octanol–water partition coefficient (Wildman–Crippen LogP) is 12.2. The van der Waals surface area contributed by atoms with Crippen LogP contribution in [0.2, 0.25) is 0 Å². The number of benzene rings is 8. The molecule has 52 heavy (non-hydrogen) atoms. The van der Waals surface area contributed by atoms with Crippen molar-refractivity contribution < 1.29 is 0 Å². The Morgan fingerprint density at radius 2 is 0.808 bits per heavy atom. The zero-order chi connectivity index (χ0) is 34.4. The van der Waals surface area contributed by atoms with Gasteiger partial charge in [-0.1, -0.05) is 115 Å². The summed E-state index contributed by atoms with van der Waals surface area (Å²) in [5.41, 5.74) is 7.07. The van der Waals surface area contributed by atoms with Gasteiger partial charge in [0.25, 0.3) is 0 Å². The average Bonchev–Trinajstić information content (AvgIpc) is 3.22. The fraction of sp³-hybridized carbons (Fsp3) is 0. The van der Waals surface area contributed by atoms with Crippen LogP contribution >= 0.6 is 0 Å². The standard InChI is InChI=1S/C48H30N4/c1-3-12-31(13-4-1)46-50-47(32-14-5-2-6-15-32)52-48(51-46)41-26-36(35-18-11-21-49-30-35)24-39(27-41)45-29-40-25-37-22-33-16-7-8-17-34(33)23-38(37)28-44(40)42-19-9-10-20-43(42)45/h1-30H. The Kier molecular flexibility index (Phi) is 7.10. The minimum absolute atomic E-state index is 0.614. The van der Waals surface area contributed by atoms with E-state index in [1.54, 1.807) is 0 Å². The van der Waals surface area contributed by atoms with Crippen molar-refractivity contribution >= 4 is 43.1 Å². The van der Waals surface area contributed by atoms with Gasteiger partial charge in [-0.15, -0.1) is 0 Å². The zero-order valence-corrected chi connectivity index (χ0v) is 28.1. The molecule has 0 saturated heterocycles. The number of pyridine rings is 1. The lowest BCUT2D eigenvalue weighted by molar-refractivity contribution is 1.07. The molecular formula is C48H30N4. The molecule has 10 rings (SSSR count). The number of hydrogen-bond donors (Lipinski definition) is 0. The smallest absolute Gasteiger partial charge is 0.164 e. The van der Waals surface area contributed by atoms with Crippen molar-refractivity contribution in [3.63, 3.8) is 0 Å². The second kappa shape index (κ2) is 12.4. The second-order valence-electron chi connectivity index (χ2n) is 13.2. The summed E-state index contributed by atoms with van der Waals surface area (Å²) in [6.07, 6.45) is 3.72. The van der Waals surface area contributed by atoms with Crippen molar-refractivity contribution in [2.75, 3.05) is 0 Å². The van der Waals surface area contributed by atoms with Crippen molar-refractivity contribution in [3.05, 3.63) is 182 Å². The molecule has 0 atom stereocenters. The molecule has 2 aromatic heterocycles. The molecule has 0 N–H and O–H groups in total. The maximum atomic E-state index is 5.10. The first-order chi connectivity index (χ1) is 25.7. The zero-order valence-electron chi connectivity index (χ0n) is 28.1. The molecule has 0 fully saturated rings. The van der Waals surface area contributed by atoms with Crippen LogP contribution in [0.25, 0.3) is 99.5 Å². The molecule has 4 nitrogen and oxygen atoms in total. The quantitative estimate of drug-likeness (QED) is 0.136. The third-order valence-corrected chi connectivity index (χ3v) is 9.88. The van der Waals surface area contributed by atoms with Crippen LogP contribution in [0.15, 0.2) is 182 Å². The molecule has 0 saturated carbocycles. The Hall–Kier alpha value is -7.04. The van der Waals surface area contributed by atoms with Gasteiger partial charge in [-0.3, -0.25) is 4.98 Å². The highest BCUT2D eigenvalue weighted by Crippen LogP contribution is 2.40. The summed E-state index contributed by atoms with van der Waals surface area (Å²) in [4.78, 5) is 19.6. The average molecular weight is 663 g/mol. The van der Waals surface area contributed by atoms with Gasteiger partial charge in [0.1, 0.15) is 0 Å². The van der Waals surface area contributed by atoms with E-state index in [2.05, 4.69) is 108 Å². The Morgan fingerprint density at radius 3 is 1.46 bits per heavy atom. The van der Waals surface area contributed by atoms with Gasteiger partial charge < -0.3 is 0 Å². The van der Waals surface area contributed by atoms with Crippen LogP contribution in [0.5, 0.6) is 0 Å². The second-order valence-corrected chi connectivity index (χ2v) is 13.2. The highest BCUT2D eigenvalue weighted by molar-refractivity contribution is 6.18. The summed E-state index contributed by atoms with van der Waals surface area (Å²) in [5.74, 6) is 1.88. The van der Waals surface area contributed by atoms with E-state index in [9.17, 15) is 0 Å². The summed E-state index contributed by atoms with van der Waals surface area (Å²) in [5, 5.41) is 9.80. The fourth-order valence-corrected chi connectivity index (χ4v) is 7.34. The van der Waals surface area contributed by atoms with Crippen LogP contribution in [-0.2, 0) is 0 Å². The van der Waals surface area contributed by atoms with E-state index in [4.69, 9.17) is 15.0 Å². The van der Waals surface area contributed by atoms with Gasteiger partial charge in [-0.05, 0) is 114 Å². The van der Waals surface area contributed by atoms with Crippen molar-refractivity contribution in [1.29, 1.82) is 0 Å². The highest BCUT2D eigenvalue weighted by atomic mass is 15.0. The molecule has 0 aliphatic heterocycles. The third-order valence-electron chi connectivity index (χ3n) is 9.88. The fourth-order valence-electron chi connectivity index (χ4n) is 7.34. The summed E-state index contributed by atoms with van der Waals surface area (Å²) < 4.78 is 0. The molecule has 0 unspecified atom stereocenters. The minimum Gasteiger partial charge on any atom is -0.264 e. The predicted molar refractivity (Wildman–Crippen MR) is 215 cm³/mol. The van der Waals surface area contributed by atoms with Crippen LogP contribution in [0.4, 0.5) is 0 Å². The maximum absolute atomic E-state index is 5.10. The lowest BCUT2D eigenvalue weighted by Crippen LogP contribution is -2.00. The first-order valence-electron chi connectivity index (χ1n) is 17.4. The van der Waals surface area contributed by atoms with Crippen LogP contribution in [0.1, 0.15) is 0 Å². The van der Waals surface area contributed by atoms with Crippen molar-refractivity contribution in [3.8, 4) is 56.4 Å². The van der Waals surface area contributed by atoms with Crippen molar-refractivity contribution in [2.24, 2.45) is 0 Å². The van der Waals surface area contributed by atoms with Crippen LogP contribution in [0, 0.1) is 0 Å². The van der Waals surface area contributed by atoms with Crippen molar-refractivity contribution in [1.82, 2.24) is 19.9 Å². The Morgan fingerprint density at radius 1 is 0.288 bits per heavy atom. The summed E-state index contributed by atoms with van der Waals surface area (Å²) in [7, 11) is 0. The minimum atomic E-state index is 0.614. The molecule has 0 aliphatic rings. The Balaban J connectivity index is 1.23. The molecule has 10 aromatic rings. The number of rotatable bonds is 5. The molecule has 4 heteroatoms. The monoisotopic (exact) mass is 662 g/mol. The molecule has 2 heterocycles. The first-order valence-corrected chi connectivity index (χ1v) is 17.4. The topological polar surface area (TPSA) is 51.6 Å². The van der Waals surface area contributed by atoms with E-state index < -0.39 is 0 Å². The normalized spacial score (nSPS) is 11.5. The molecule has 0 spiro atoms. The van der Waals surface area contributed by atoms with Gasteiger partial charge >= 0.3 is 0 Å². The number of fused-ring (bicyclic) bond motifs is 5. The molecule has 0 aliphatic carbocycles. The lowest BCUT2D eigenvalue weighted by atomic mass is 9.89. The lowest BCUT2D eigenvalue weighted by Gasteiger charge is -2.15. The van der Waals surface area contributed by atoms with E-state index in [1.807, 2.05) is 79.1 Å². The molecular weight excluding hydrogens is 633 g/mol. The summed E-state index contributed by atoms with van der Waals surface area (Å²) >= 11 is 0. The molecule has 0 radical (unpaired) electrons. The maximum Gasteiger partial charge on any atom is 0.164 e. The van der Waals surface area contributed by atoms with Gasteiger partial charge in [0.15, 0.2) is 17.5 Å². The van der Waals surface area contributed by atoms with Crippen LogP contribution in [0.3, 0.4) is 0 Å². The molecule has 0 bridgehead atoms. The summed E-state index contributed by atoms with van der Waals surface area (Å²) in [6.45, 7) is 0. The third kappa shape index (κ3) is 5.34.